The number of nitrogens with one attached hydrogen (secondary N) is 2. The molecule has 4 heterocycles. The summed E-state index contributed by atoms with van der Waals surface area (Å²) in [5, 5.41) is 6.41. The molecule has 2 aliphatic heterocycles. The molecule has 1 amide bonds. The topological polar surface area (TPSA) is 105 Å². The maximum absolute atomic E-state index is 14.2. The molecule has 2 saturated heterocycles. The van der Waals surface area contributed by atoms with Crippen molar-refractivity contribution in [1.82, 2.24) is 30.5 Å². The van der Waals surface area contributed by atoms with Crippen LogP contribution in [0.2, 0.25) is 5.02 Å². The summed E-state index contributed by atoms with van der Waals surface area (Å²) in [6.07, 6.45) is 4.80. The molecule has 0 bridgehead atoms. The van der Waals surface area contributed by atoms with Crippen molar-refractivity contribution < 1.29 is 18.7 Å². The summed E-state index contributed by atoms with van der Waals surface area (Å²) in [7, 11) is 1.37. The molecular formula is C28H33ClFN7O3. The zero-order valence-corrected chi connectivity index (χ0v) is 23.2. The molecule has 2 aromatic heterocycles. The van der Waals surface area contributed by atoms with E-state index in [4.69, 9.17) is 16.3 Å². The van der Waals surface area contributed by atoms with Crippen LogP contribution in [0.1, 0.15) is 18.4 Å². The van der Waals surface area contributed by atoms with Gasteiger partial charge >= 0.3 is 6.09 Å². The van der Waals surface area contributed by atoms with Crippen molar-refractivity contribution in [2.45, 2.75) is 19.4 Å². The Balaban J connectivity index is 1.31. The third-order valence-electron chi connectivity index (χ3n) is 7.09. The fourth-order valence-electron chi connectivity index (χ4n) is 4.97. The maximum atomic E-state index is 14.2. The van der Waals surface area contributed by atoms with Gasteiger partial charge in [0.25, 0.3) is 0 Å². The van der Waals surface area contributed by atoms with Gasteiger partial charge in [-0.1, -0.05) is 11.6 Å². The average Bonchev–Trinajstić information content (AvgIpc) is 2.97. The average molecular weight is 570 g/mol. The normalized spacial score (nSPS) is 16.5. The summed E-state index contributed by atoms with van der Waals surface area (Å²) in [5.74, 6) is 1.46. The first-order valence-electron chi connectivity index (χ1n) is 13.4. The van der Waals surface area contributed by atoms with E-state index in [0.29, 0.717) is 52.9 Å². The molecule has 0 unspecified atom stereocenters. The van der Waals surface area contributed by atoms with E-state index < -0.39 is 11.9 Å². The molecule has 0 spiro atoms. The number of nitrogens with zero attached hydrogens (tertiary/aromatic N) is 5. The molecule has 212 valence electrons. The molecular weight excluding hydrogens is 537 g/mol. The van der Waals surface area contributed by atoms with Crippen LogP contribution in [0.25, 0.3) is 11.3 Å². The predicted octanol–water partition coefficient (Wildman–Crippen LogP) is 4.10. The molecule has 5 rings (SSSR count). The van der Waals surface area contributed by atoms with Gasteiger partial charge in [-0.05, 0) is 61.7 Å². The molecule has 0 radical (unpaired) electrons. The first-order valence-corrected chi connectivity index (χ1v) is 13.8. The number of halogens is 2. The zero-order chi connectivity index (χ0) is 27.9. The fraction of sp³-hybridized carbons (Fsp3) is 0.429. The Bertz CT molecular complexity index is 1280. The number of methoxy groups -OCH3 is 1. The van der Waals surface area contributed by atoms with Crippen LogP contribution in [0.15, 0.2) is 42.7 Å². The summed E-state index contributed by atoms with van der Waals surface area (Å²) in [6, 6.07) is 8.19. The van der Waals surface area contributed by atoms with Gasteiger partial charge in [0.1, 0.15) is 5.82 Å². The number of pyridine rings is 1. The highest BCUT2D eigenvalue weighted by molar-refractivity contribution is 6.30. The highest BCUT2D eigenvalue weighted by Crippen LogP contribution is 2.29. The van der Waals surface area contributed by atoms with Crippen molar-refractivity contribution in [2.24, 2.45) is 5.92 Å². The van der Waals surface area contributed by atoms with Crippen LogP contribution in [0, 0.1) is 11.7 Å². The number of aromatic nitrogens is 3. The van der Waals surface area contributed by atoms with E-state index in [1.807, 2.05) is 12.1 Å². The van der Waals surface area contributed by atoms with Crippen molar-refractivity contribution in [2.75, 3.05) is 57.8 Å². The minimum atomic E-state index is -0.434. The van der Waals surface area contributed by atoms with E-state index in [2.05, 4.69) is 40.1 Å². The summed E-state index contributed by atoms with van der Waals surface area (Å²) < 4.78 is 24.9. The van der Waals surface area contributed by atoms with Gasteiger partial charge in [-0.25, -0.2) is 24.1 Å². The lowest BCUT2D eigenvalue weighted by molar-refractivity contribution is 0.155. The molecule has 2 N–H and O–H groups in total. The number of likely N-dealkylation sites (tertiary alicyclic amines) is 1. The van der Waals surface area contributed by atoms with Crippen LogP contribution < -0.4 is 20.3 Å². The Labute approximate surface area is 237 Å². The van der Waals surface area contributed by atoms with Crippen LogP contribution in [0.3, 0.4) is 0 Å². The number of hydrogen-bond acceptors (Lipinski definition) is 9. The zero-order valence-electron chi connectivity index (χ0n) is 22.4. The number of carbonyl (C=O) groups is 1. The number of amides is 1. The summed E-state index contributed by atoms with van der Waals surface area (Å²) >= 11 is 6.15. The molecule has 1 aromatic carbocycles. The first kappa shape index (κ1) is 28.0. The number of alkyl carbamates (subject to hydrolysis) is 1. The SMILES string of the molecule is COC(=O)NCC1CCN(Cc2cc(Oc3cnc(N4CCNCC4)nc3)nc(-c3cc(F)cc(Cl)c3)c2)CC1. The quantitative estimate of drug-likeness (QED) is 0.415. The number of carbonyl (C=O) groups excluding carboxylic acids is 1. The molecule has 10 nitrogen and oxygen atoms in total. The smallest absolute Gasteiger partial charge is 0.406 e. The molecule has 40 heavy (non-hydrogen) atoms. The van der Waals surface area contributed by atoms with Gasteiger partial charge in [-0.15, -0.1) is 0 Å². The number of piperazine rings is 1. The van der Waals surface area contributed by atoms with E-state index in [-0.39, 0.29) is 0 Å². The molecule has 3 aromatic rings. The van der Waals surface area contributed by atoms with Crippen LogP contribution in [0.4, 0.5) is 15.1 Å². The molecule has 0 atom stereocenters. The van der Waals surface area contributed by atoms with E-state index >= 15 is 0 Å². The Morgan fingerprint density at radius 1 is 1.10 bits per heavy atom. The number of piperidine rings is 1. The number of benzene rings is 1. The summed E-state index contributed by atoms with van der Waals surface area (Å²) in [4.78, 5) is 29.5. The predicted molar refractivity (Wildman–Crippen MR) is 150 cm³/mol. The molecule has 0 saturated carbocycles. The van der Waals surface area contributed by atoms with E-state index in [0.717, 1.165) is 57.7 Å². The van der Waals surface area contributed by atoms with Gasteiger partial charge in [-0.2, -0.15) is 0 Å². The number of hydrogen-bond donors (Lipinski definition) is 2. The Morgan fingerprint density at radius 3 is 2.55 bits per heavy atom. The van der Waals surface area contributed by atoms with E-state index in [1.54, 1.807) is 18.5 Å². The first-order chi connectivity index (χ1) is 19.4. The standard InChI is InChI=1S/C28H33ClFN7O3/c1-39-28(38)34-15-19-2-6-36(7-3-19)18-20-10-25(21-12-22(29)14-23(30)13-21)35-26(11-20)40-24-16-32-27(33-17-24)37-8-4-31-5-9-37/h10-14,16-17,19,31H,2-9,15,18H2,1H3,(H,34,38). The Kier molecular flexibility index (Phi) is 9.25. The maximum Gasteiger partial charge on any atom is 0.406 e. The van der Waals surface area contributed by atoms with Crippen molar-refractivity contribution in [3.8, 4) is 22.9 Å². The van der Waals surface area contributed by atoms with Gasteiger partial charge in [0.15, 0.2) is 5.75 Å². The van der Waals surface area contributed by atoms with Crippen molar-refractivity contribution in [3.05, 3.63) is 59.1 Å². The van der Waals surface area contributed by atoms with Crippen molar-refractivity contribution >= 4 is 23.6 Å². The van der Waals surface area contributed by atoms with Crippen LogP contribution in [0.5, 0.6) is 11.6 Å². The number of rotatable bonds is 8. The van der Waals surface area contributed by atoms with Crippen LogP contribution in [-0.4, -0.2) is 78.9 Å². The van der Waals surface area contributed by atoms with E-state index in [9.17, 15) is 9.18 Å². The Hall–Kier alpha value is -3.54. The lowest BCUT2D eigenvalue weighted by atomic mass is 9.96. The summed E-state index contributed by atoms with van der Waals surface area (Å²) in [6.45, 7) is 6.53. The second kappa shape index (κ2) is 13.2. The largest absolute Gasteiger partial charge is 0.453 e. The van der Waals surface area contributed by atoms with Gasteiger partial charge < -0.3 is 25.0 Å². The van der Waals surface area contributed by atoms with Crippen molar-refractivity contribution in [3.63, 3.8) is 0 Å². The molecule has 2 aliphatic rings. The summed E-state index contributed by atoms with van der Waals surface area (Å²) in [5.41, 5.74) is 2.10. The number of anilines is 1. The van der Waals surface area contributed by atoms with Gasteiger partial charge in [-0.3, -0.25) is 4.90 Å². The Morgan fingerprint density at radius 2 is 1.85 bits per heavy atom. The van der Waals surface area contributed by atoms with Crippen molar-refractivity contribution in [1.29, 1.82) is 0 Å². The van der Waals surface area contributed by atoms with Gasteiger partial charge in [0.2, 0.25) is 11.8 Å². The molecule has 2 fully saturated rings. The molecule has 0 aliphatic carbocycles. The van der Waals surface area contributed by atoms with E-state index in [1.165, 1.54) is 19.2 Å². The lowest BCUT2D eigenvalue weighted by Gasteiger charge is -2.32. The molecule has 12 heteroatoms. The highest BCUT2D eigenvalue weighted by Gasteiger charge is 2.21. The van der Waals surface area contributed by atoms with Crippen LogP contribution in [-0.2, 0) is 11.3 Å². The third kappa shape index (κ3) is 7.56. The number of ether oxygens (including phenoxy) is 2. The lowest BCUT2D eigenvalue weighted by Crippen LogP contribution is -2.44. The fourth-order valence-corrected chi connectivity index (χ4v) is 5.19. The third-order valence-corrected chi connectivity index (χ3v) is 7.31. The van der Waals surface area contributed by atoms with Crippen LogP contribution >= 0.6 is 11.6 Å². The van der Waals surface area contributed by atoms with Gasteiger partial charge in [0, 0.05) is 55.9 Å². The monoisotopic (exact) mass is 569 g/mol. The second-order valence-corrected chi connectivity index (χ2v) is 10.4. The minimum absolute atomic E-state index is 0.296. The highest BCUT2D eigenvalue weighted by atomic mass is 35.5. The second-order valence-electron chi connectivity index (χ2n) is 10.0. The van der Waals surface area contributed by atoms with Gasteiger partial charge in [0.05, 0.1) is 25.2 Å². The minimum Gasteiger partial charge on any atom is -0.453 e.